The lowest BCUT2D eigenvalue weighted by atomic mass is 9.70. The average Bonchev–Trinajstić information content (AvgIpc) is 3.80. The summed E-state index contributed by atoms with van der Waals surface area (Å²) in [6, 6.07) is 5.86. The van der Waals surface area contributed by atoms with Gasteiger partial charge < -0.3 is 9.88 Å². The number of nitrogens with zero attached hydrogens (tertiary/aromatic N) is 10. The van der Waals surface area contributed by atoms with E-state index in [-0.39, 0.29) is 24.0 Å². The van der Waals surface area contributed by atoms with Crippen LogP contribution in [0.15, 0.2) is 37.1 Å². The van der Waals surface area contributed by atoms with Crippen LogP contribution in [-0.2, 0) is 18.3 Å². The fourth-order valence-electron chi connectivity index (χ4n) is 6.88. The van der Waals surface area contributed by atoms with Crippen molar-refractivity contribution in [2.24, 2.45) is 0 Å². The normalized spacial score (nSPS) is 22.9. The number of H-pyrrole nitrogens is 1. The highest BCUT2D eigenvalue weighted by Crippen LogP contribution is 2.45. The van der Waals surface area contributed by atoms with Crippen LogP contribution in [0, 0.1) is 11.3 Å². The lowest BCUT2D eigenvalue weighted by Gasteiger charge is -2.52. The molecule has 1 amide bonds. The van der Waals surface area contributed by atoms with Gasteiger partial charge in [0.2, 0.25) is 5.82 Å². The molecule has 0 spiro atoms. The summed E-state index contributed by atoms with van der Waals surface area (Å²) in [4.78, 5) is 38.4. The minimum atomic E-state index is -4.74. The number of amides is 1. The number of carbonyl (C=O) groups excluding carboxylic acids is 1. The molecule has 3 aliphatic rings. The van der Waals surface area contributed by atoms with Crippen LogP contribution in [0.2, 0.25) is 0 Å². The van der Waals surface area contributed by atoms with Gasteiger partial charge in [-0.15, -0.1) is 0 Å². The number of halogens is 3. The predicted octanol–water partition coefficient (Wildman–Crippen LogP) is 3.46. The van der Waals surface area contributed by atoms with Crippen molar-refractivity contribution in [3.05, 3.63) is 54.3 Å². The molecule has 2 saturated heterocycles. The van der Waals surface area contributed by atoms with E-state index in [0.717, 1.165) is 61.1 Å². The van der Waals surface area contributed by atoms with Crippen LogP contribution in [-0.4, -0.2) is 101 Å². The molecule has 0 atom stereocenters. The number of nitriles is 1. The highest BCUT2D eigenvalue weighted by molar-refractivity contribution is 5.92. The standard InChI is InChI=1S/C30H32F3N11O/c31-30(32,33)28-39-21(18-41-7-1-2-8-41)13-24(40-28)27(45)43-11-9-42(10-12-43)22-14-29(15-22,4-5-34)44-17-20(16-38-44)25-23-3-6-35-26(23)37-19-36-25/h3,6,13,16-17,19,22H,1-2,4,7-12,14-15,18H2,(H,35,36,37)/t22-,29-. The Morgan fingerprint density at radius 2 is 1.87 bits per heavy atom. The molecule has 0 aromatic carbocycles. The van der Waals surface area contributed by atoms with E-state index in [9.17, 15) is 23.2 Å². The van der Waals surface area contributed by atoms with Crippen molar-refractivity contribution in [1.82, 2.24) is 49.4 Å². The van der Waals surface area contributed by atoms with Gasteiger partial charge in [0.15, 0.2) is 0 Å². The summed E-state index contributed by atoms with van der Waals surface area (Å²) in [7, 11) is 0. The third kappa shape index (κ3) is 5.64. The first-order valence-electron chi connectivity index (χ1n) is 15.1. The van der Waals surface area contributed by atoms with Crippen LogP contribution in [0.3, 0.4) is 0 Å². The molecule has 6 heterocycles. The summed E-state index contributed by atoms with van der Waals surface area (Å²) in [5.74, 6) is -1.79. The molecule has 0 bridgehead atoms. The molecule has 4 aromatic rings. The number of carbonyl (C=O) groups is 1. The van der Waals surface area contributed by atoms with Gasteiger partial charge in [0.05, 0.1) is 35.6 Å². The minimum Gasteiger partial charge on any atom is -0.346 e. The summed E-state index contributed by atoms with van der Waals surface area (Å²) >= 11 is 0. The molecule has 1 N–H and O–H groups in total. The average molecular weight is 620 g/mol. The minimum absolute atomic E-state index is 0.196. The summed E-state index contributed by atoms with van der Waals surface area (Å²) in [6.07, 6.45) is 6.02. The largest absolute Gasteiger partial charge is 0.451 e. The molecule has 234 valence electrons. The Hall–Kier alpha value is -4.42. The fraction of sp³-hybridized carbons (Fsp3) is 0.500. The lowest BCUT2D eigenvalue weighted by molar-refractivity contribution is -0.145. The van der Waals surface area contributed by atoms with Crippen molar-refractivity contribution >= 4 is 16.9 Å². The molecule has 4 aromatic heterocycles. The number of hydrogen-bond donors (Lipinski definition) is 1. The van der Waals surface area contributed by atoms with E-state index in [4.69, 9.17) is 0 Å². The number of aromatic nitrogens is 7. The first kappa shape index (κ1) is 29.3. The Morgan fingerprint density at radius 3 is 2.60 bits per heavy atom. The van der Waals surface area contributed by atoms with Crippen LogP contribution in [0.25, 0.3) is 22.3 Å². The molecule has 0 unspecified atom stereocenters. The van der Waals surface area contributed by atoms with Crippen LogP contribution in [0.1, 0.15) is 54.1 Å². The van der Waals surface area contributed by atoms with Gasteiger partial charge in [-0.2, -0.15) is 23.5 Å². The number of fused-ring (bicyclic) bond motifs is 1. The van der Waals surface area contributed by atoms with E-state index in [1.807, 2.05) is 28.0 Å². The highest BCUT2D eigenvalue weighted by atomic mass is 19.4. The second kappa shape index (κ2) is 11.5. The Kier molecular flexibility index (Phi) is 7.49. The number of aromatic amines is 1. The van der Waals surface area contributed by atoms with Gasteiger partial charge >= 0.3 is 6.18 Å². The van der Waals surface area contributed by atoms with Gasteiger partial charge in [-0.25, -0.2) is 19.9 Å². The maximum Gasteiger partial charge on any atom is 0.451 e. The molecule has 45 heavy (non-hydrogen) atoms. The number of rotatable bonds is 7. The van der Waals surface area contributed by atoms with E-state index >= 15 is 0 Å². The molecule has 7 rings (SSSR count). The molecule has 15 heteroatoms. The number of alkyl halides is 3. The van der Waals surface area contributed by atoms with Gasteiger partial charge in [-0.3, -0.25) is 19.3 Å². The van der Waals surface area contributed by atoms with E-state index < -0.39 is 23.4 Å². The summed E-state index contributed by atoms with van der Waals surface area (Å²) in [5.41, 5.74) is 1.90. The highest BCUT2D eigenvalue weighted by Gasteiger charge is 2.49. The Bertz CT molecular complexity index is 1740. The molecule has 1 aliphatic carbocycles. The second-order valence-electron chi connectivity index (χ2n) is 12.1. The number of nitrogens with one attached hydrogen (secondary N) is 1. The van der Waals surface area contributed by atoms with E-state index in [1.54, 1.807) is 11.1 Å². The summed E-state index contributed by atoms with van der Waals surface area (Å²) in [6.45, 7) is 3.77. The van der Waals surface area contributed by atoms with Crippen LogP contribution < -0.4 is 0 Å². The van der Waals surface area contributed by atoms with E-state index in [1.165, 1.54) is 12.4 Å². The summed E-state index contributed by atoms with van der Waals surface area (Å²) < 4.78 is 42.8. The Labute approximate surface area is 256 Å². The fourth-order valence-corrected chi connectivity index (χ4v) is 6.88. The maximum atomic E-state index is 13.6. The molecule has 2 aliphatic heterocycles. The predicted molar refractivity (Wildman–Crippen MR) is 155 cm³/mol. The van der Waals surface area contributed by atoms with Gasteiger partial charge in [0.25, 0.3) is 5.91 Å². The van der Waals surface area contributed by atoms with E-state index in [2.05, 4.69) is 41.0 Å². The Balaban J connectivity index is 1.01. The van der Waals surface area contributed by atoms with Gasteiger partial charge in [0.1, 0.15) is 17.7 Å². The first-order valence-corrected chi connectivity index (χ1v) is 15.1. The van der Waals surface area contributed by atoms with Gasteiger partial charge in [0, 0.05) is 62.1 Å². The van der Waals surface area contributed by atoms with E-state index in [0.29, 0.717) is 32.6 Å². The maximum absolute atomic E-state index is 13.6. The van der Waals surface area contributed by atoms with Gasteiger partial charge in [-0.1, -0.05) is 0 Å². The molecule has 0 radical (unpaired) electrons. The quantitative estimate of drug-likeness (QED) is 0.330. The summed E-state index contributed by atoms with van der Waals surface area (Å²) in [5, 5.41) is 15.2. The third-order valence-corrected chi connectivity index (χ3v) is 9.29. The van der Waals surface area contributed by atoms with Crippen molar-refractivity contribution in [3.63, 3.8) is 0 Å². The molecular weight excluding hydrogens is 587 g/mol. The SMILES string of the molecule is N#CC[C@]1(n2cc(-c3ncnc4[nH]ccc34)cn2)C[C@H](N2CCN(C(=O)c3cc(CN4CCCC4)nc(C(F)(F)F)n3)CC2)C1. The number of likely N-dealkylation sites (tertiary alicyclic amines) is 1. The molecule has 1 saturated carbocycles. The number of piperazine rings is 1. The monoisotopic (exact) mass is 619 g/mol. The zero-order valence-corrected chi connectivity index (χ0v) is 24.5. The lowest BCUT2D eigenvalue weighted by Crippen LogP contribution is -2.60. The van der Waals surface area contributed by atoms with Crippen molar-refractivity contribution in [3.8, 4) is 17.3 Å². The van der Waals surface area contributed by atoms with Crippen LogP contribution >= 0.6 is 0 Å². The number of hydrogen-bond acceptors (Lipinski definition) is 9. The third-order valence-electron chi connectivity index (χ3n) is 9.29. The first-order chi connectivity index (χ1) is 21.7. The van der Waals surface area contributed by atoms with Crippen molar-refractivity contribution < 1.29 is 18.0 Å². The molecular formula is C30H32F3N11O. The van der Waals surface area contributed by atoms with Crippen molar-refractivity contribution in [2.45, 2.75) is 56.4 Å². The van der Waals surface area contributed by atoms with Gasteiger partial charge in [-0.05, 0) is 50.9 Å². The Morgan fingerprint density at radius 1 is 1.09 bits per heavy atom. The van der Waals surface area contributed by atoms with Crippen LogP contribution in [0.5, 0.6) is 0 Å². The van der Waals surface area contributed by atoms with Crippen LogP contribution in [0.4, 0.5) is 13.2 Å². The molecule has 3 fully saturated rings. The topological polar surface area (TPSA) is 136 Å². The van der Waals surface area contributed by atoms with Crippen molar-refractivity contribution in [1.29, 1.82) is 5.26 Å². The van der Waals surface area contributed by atoms with Crippen molar-refractivity contribution in [2.75, 3.05) is 39.3 Å². The zero-order chi connectivity index (χ0) is 31.2. The zero-order valence-electron chi connectivity index (χ0n) is 24.5. The smallest absolute Gasteiger partial charge is 0.346 e. The second-order valence-corrected chi connectivity index (χ2v) is 12.1. The molecule has 12 nitrogen and oxygen atoms in total.